The molecule has 0 aromatic heterocycles. The van der Waals surface area contributed by atoms with E-state index >= 15 is 0 Å². The Hall–Kier alpha value is -1.36. The van der Waals surface area contributed by atoms with E-state index in [4.69, 9.17) is 0 Å². The van der Waals surface area contributed by atoms with Gasteiger partial charge in [0.2, 0.25) is 0 Å². The van der Waals surface area contributed by atoms with Crippen molar-refractivity contribution in [2.45, 2.75) is 63.3 Å². The molecule has 1 atom stereocenters. The summed E-state index contributed by atoms with van der Waals surface area (Å²) >= 11 is 0. The highest BCUT2D eigenvalue weighted by Crippen LogP contribution is 2.61. The molecule has 0 aliphatic heterocycles. The van der Waals surface area contributed by atoms with E-state index in [2.05, 4.69) is 12.2 Å². The zero-order valence-corrected chi connectivity index (χ0v) is 16.7. The van der Waals surface area contributed by atoms with Crippen molar-refractivity contribution < 1.29 is 13.2 Å². The minimum absolute atomic E-state index is 0.129. The highest BCUT2D eigenvalue weighted by atomic mass is 32.2. The van der Waals surface area contributed by atoms with Crippen LogP contribution in [0.2, 0.25) is 0 Å². The molecule has 0 saturated heterocycles. The van der Waals surface area contributed by atoms with Gasteiger partial charge in [0.15, 0.2) is 9.84 Å². The number of amides is 1. The van der Waals surface area contributed by atoms with E-state index < -0.39 is 9.84 Å². The lowest BCUT2D eigenvalue weighted by molar-refractivity contribution is -0.0688. The van der Waals surface area contributed by atoms with Crippen LogP contribution in [-0.2, 0) is 9.84 Å². The van der Waals surface area contributed by atoms with E-state index in [1.807, 2.05) is 6.92 Å². The molecule has 5 rings (SSSR count). The maximum atomic E-state index is 12.9. The van der Waals surface area contributed by atoms with Gasteiger partial charge in [-0.15, -0.1) is 0 Å². The first-order valence-corrected chi connectivity index (χ1v) is 11.7. The zero-order chi connectivity index (χ0) is 18.7. The Bertz CT molecular complexity index is 808. The molecule has 4 saturated carbocycles. The third-order valence-corrected chi connectivity index (χ3v) is 8.34. The average Bonchev–Trinajstić information content (AvgIpc) is 2.52. The molecule has 26 heavy (non-hydrogen) atoms. The lowest BCUT2D eigenvalue weighted by atomic mass is 9.48. The molecular formula is C21H29NO3S. The highest BCUT2D eigenvalue weighted by Gasteiger charge is 2.53. The Labute approximate surface area is 156 Å². The summed E-state index contributed by atoms with van der Waals surface area (Å²) in [6.07, 6.45) is 9.05. The number of aryl methyl sites for hydroxylation is 1. The second-order valence-electron chi connectivity index (χ2n) is 9.22. The predicted molar refractivity (Wildman–Crippen MR) is 102 cm³/mol. The van der Waals surface area contributed by atoms with Crippen LogP contribution in [0, 0.1) is 30.1 Å². The monoisotopic (exact) mass is 375 g/mol. The van der Waals surface area contributed by atoms with Gasteiger partial charge in [0.05, 0.1) is 4.90 Å². The summed E-state index contributed by atoms with van der Waals surface area (Å²) in [5, 5.41) is 3.24. The minimum atomic E-state index is -3.32. The standard InChI is InChI=1S/C21H29NO3S/c1-13-4-5-18(26(3,24)25)9-19(13)20(23)22-14(2)21-10-15-6-16(11-21)8-17(7-15)12-21/h4-5,9,14-17H,6-8,10-12H2,1-3H3,(H,22,23). The van der Waals surface area contributed by atoms with Gasteiger partial charge in [0.25, 0.3) is 5.91 Å². The molecule has 1 amide bonds. The van der Waals surface area contributed by atoms with Crippen molar-refractivity contribution in [3.8, 4) is 0 Å². The Morgan fingerprint density at radius 1 is 1.12 bits per heavy atom. The lowest BCUT2D eigenvalue weighted by Gasteiger charge is -2.59. The molecule has 0 spiro atoms. The summed E-state index contributed by atoms with van der Waals surface area (Å²) < 4.78 is 23.7. The number of hydrogen-bond acceptors (Lipinski definition) is 3. The Morgan fingerprint density at radius 2 is 1.65 bits per heavy atom. The van der Waals surface area contributed by atoms with E-state index in [0.29, 0.717) is 5.56 Å². The molecule has 1 N–H and O–H groups in total. The largest absolute Gasteiger partial charge is 0.349 e. The first-order valence-electron chi connectivity index (χ1n) is 9.78. The molecule has 4 nitrogen and oxygen atoms in total. The number of carbonyl (C=O) groups is 1. The van der Waals surface area contributed by atoms with E-state index in [1.165, 1.54) is 50.8 Å². The van der Waals surface area contributed by atoms with Crippen molar-refractivity contribution in [1.29, 1.82) is 0 Å². The van der Waals surface area contributed by atoms with Gasteiger partial charge in [-0.25, -0.2) is 8.42 Å². The van der Waals surface area contributed by atoms with E-state index in [-0.39, 0.29) is 22.3 Å². The molecule has 4 bridgehead atoms. The number of benzene rings is 1. The molecule has 4 fully saturated rings. The van der Waals surface area contributed by atoms with Crippen LogP contribution >= 0.6 is 0 Å². The van der Waals surface area contributed by atoms with E-state index in [9.17, 15) is 13.2 Å². The van der Waals surface area contributed by atoms with Crippen LogP contribution in [0.4, 0.5) is 0 Å². The molecule has 4 aliphatic rings. The van der Waals surface area contributed by atoms with Crippen LogP contribution in [-0.4, -0.2) is 26.6 Å². The zero-order valence-electron chi connectivity index (χ0n) is 15.9. The number of hydrogen-bond donors (Lipinski definition) is 1. The van der Waals surface area contributed by atoms with Gasteiger partial charge in [-0.05, 0) is 93.2 Å². The van der Waals surface area contributed by atoms with Crippen molar-refractivity contribution in [2.24, 2.45) is 23.2 Å². The van der Waals surface area contributed by atoms with Crippen molar-refractivity contribution in [2.75, 3.05) is 6.26 Å². The second-order valence-corrected chi connectivity index (χ2v) is 11.2. The molecular weight excluding hydrogens is 346 g/mol. The lowest BCUT2D eigenvalue weighted by Crippen LogP contribution is -2.55. The van der Waals surface area contributed by atoms with Crippen molar-refractivity contribution in [1.82, 2.24) is 5.32 Å². The minimum Gasteiger partial charge on any atom is -0.349 e. The Kier molecular flexibility index (Phi) is 4.22. The van der Waals surface area contributed by atoms with Gasteiger partial charge in [-0.2, -0.15) is 0 Å². The first-order chi connectivity index (χ1) is 12.2. The first kappa shape index (κ1) is 18.0. The normalized spacial score (nSPS) is 33.9. The van der Waals surface area contributed by atoms with Crippen LogP contribution in [0.25, 0.3) is 0 Å². The third kappa shape index (κ3) is 3.08. The Morgan fingerprint density at radius 3 is 2.15 bits per heavy atom. The summed E-state index contributed by atoms with van der Waals surface area (Å²) in [5.41, 5.74) is 1.53. The van der Waals surface area contributed by atoms with Gasteiger partial charge in [0, 0.05) is 17.9 Å². The molecule has 4 aliphatic carbocycles. The van der Waals surface area contributed by atoms with Crippen molar-refractivity contribution >= 4 is 15.7 Å². The molecule has 142 valence electrons. The van der Waals surface area contributed by atoms with Crippen LogP contribution in [0.5, 0.6) is 0 Å². The fourth-order valence-corrected chi connectivity index (χ4v) is 6.86. The maximum absolute atomic E-state index is 12.9. The second kappa shape index (κ2) is 6.08. The number of carbonyl (C=O) groups excluding carboxylic acids is 1. The van der Waals surface area contributed by atoms with Gasteiger partial charge >= 0.3 is 0 Å². The summed E-state index contributed by atoms with van der Waals surface area (Å²) in [6, 6.07) is 4.95. The average molecular weight is 376 g/mol. The third-order valence-electron chi connectivity index (χ3n) is 7.23. The van der Waals surface area contributed by atoms with Gasteiger partial charge < -0.3 is 5.32 Å². The number of rotatable bonds is 4. The Balaban J connectivity index is 1.55. The SMILES string of the molecule is Cc1ccc(S(C)(=O)=O)cc1C(=O)NC(C)C12CC3CC(CC(C3)C1)C2. The van der Waals surface area contributed by atoms with Crippen LogP contribution in [0.1, 0.15) is 61.4 Å². The van der Waals surface area contributed by atoms with Crippen molar-refractivity contribution in [3.63, 3.8) is 0 Å². The quantitative estimate of drug-likeness (QED) is 0.872. The summed E-state index contributed by atoms with van der Waals surface area (Å²) in [4.78, 5) is 13.1. The van der Waals surface area contributed by atoms with Gasteiger partial charge in [-0.1, -0.05) is 6.07 Å². The van der Waals surface area contributed by atoms with Gasteiger partial charge in [-0.3, -0.25) is 4.79 Å². The molecule has 1 aromatic rings. The molecule has 1 unspecified atom stereocenters. The number of nitrogens with one attached hydrogen (secondary N) is 1. The molecule has 1 aromatic carbocycles. The number of sulfone groups is 1. The fourth-order valence-electron chi connectivity index (χ4n) is 6.21. The molecule has 0 radical (unpaired) electrons. The maximum Gasteiger partial charge on any atom is 0.251 e. The van der Waals surface area contributed by atoms with Crippen LogP contribution in [0.3, 0.4) is 0 Å². The van der Waals surface area contributed by atoms with Crippen molar-refractivity contribution in [3.05, 3.63) is 29.3 Å². The fraction of sp³-hybridized carbons (Fsp3) is 0.667. The van der Waals surface area contributed by atoms with E-state index in [1.54, 1.807) is 12.1 Å². The topological polar surface area (TPSA) is 63.2 Å². The smallest absolute Gasteiger partial charge is 0.251 e. The van der Waals surface area contributed by atoms with Crippen LogP contribution in [0.15, 0.2) is 23.1 Å². The highest BCUT2D eigenvalue weighted by molar-refractivity contribution is 7.90. The predicted octanol–water partition coefficient (Wildman–Crippen LogP) is 3.73. The van der Waals surface area contributed by atoms with E-state index in [0.717, 1.165) is 23.3 Å². The molecule has 5 heteroatoms. The van der Waals surface area contributed by atoms with Crippen LogP contribution < -0.4 is 5.32 Å². The molecule has 0 heterocycles. The summed E-state index contributed by atoms with van der Waals surface area (Å²) in [7, 11) is -3.32. The summed E-state index contributed by atoms with van der Waals surface area (Å²) in [5.74, 6) is 2.39. The summed E-state index contributed by atoms with van der Waals surface area (Å²) in [6.45, 7) is 4.01. The van der Waals surface area contributed by atoms with Gasteiger partial charge in [0.1, 0.15) is 0 Å².